The molecule has 0 unspecified atom stereocenters. The zero-order chi connectivity index (χ0) is 17.4. The Morgan fingerprint density at radius 1 is 0.917 bits per heavy atom. The molecule has 1 aliphatic heterocycles. The summed E-state index contributed by atoms with van der Waals surface area (Å²) >= 11 is 17.7. The molecule has 2 amide bonds. The molecule has 1 heterocycles. The van der Waals surface area contributed by atoms with Crippen LogP contribution in [0.4, 0.5) is 15.8 Å². The van der Waals surface area contributed by atoms with E-state index in [0.29, 0.717) is 15.6 Å². The number of imide groups is 1. The van der Waals surface area contributed by atoms with E-state index < -0.39 is 17.6 Å². The Morgan fingerprint density at radius 2 is 1.62 bits per heavy atom. The second-order valence-corrected chi connectivity index (χ2v) is 6.03. The monoisotopic (exact) mass is 384 g/mol. The first-order valence-corrected chi connectivity index (χ1v) is 7.78. The lowest BCUT2D eigenvalue weighted by molar-refractivity contribution is -0.120. The van der Waals surface area contributed by atoms with Crippen molar-refractivity contribution < 1.29 is 14.0 Å². The highest BCUT2D eigenvalue weighted by Crippen LogP contribution is 2.32. The molecule has 1 N–H and O–H groups in total. The van der Waals surface area contributed by atoms with Gasteiger partial charge in [0.2, 0.25) is 0 Å². The Bertz CT molecular complexity index is 899. The van der Waals surface area contributed by atoms with Crippen LogP contribution in [0.1, 0.15) is 0 Å². The molecule has 0 atom stereocenters. The van der Waals surface area contributed by atoms with Crippen LogP contribution in [0.5, 0.6) is 0 Å². The smallest absolute Gasteiger partial charge is 0.283 e. The second-order valence-electron chi connectivity index (χ2n) is 4.84. The molecule has 0 aromatic heterocycles. The summed E-state index contributed by atoms with van der Waals surface area (Å²) in [7, 11) is 0. The highest BCUT2D eigenvalue weighted by molar-refractivity contribution is 6.53. The largest absolute Gasteiger partial charge is 0.350 e. The van der Waals surface area contributed by atoms with Gasteiger partial charge in [0.05, 0.1) is 15.7 Å². The molecule has 2 aromatic carbocycles. The molecular weight excluding hydrogens is 378 g/mol. The molecule has 1 aliphatic rings. The molecular formula is C16H8Cl3FN2O2. The Labute approximate surface area is 151 Å². The number of hydrogen-bond donors (Lipinski definition) is 1. The van der Waals surface area contributed by atoms with Gasteiger partial charge < -0.3 is 5.32 Å². The number of halogens is 4. The second kappa shape index (κ2) is 6.43. The number of rotatable bonds is 3. The van der Waals surface area contributed by atoms with Crippen LogP contribution in [0.3, 0.4) is 0 Å². The number of nitrogens with one attached hydrogen (secondary N) is 1. The van der Waals surface area contributed by atoms with E-state index in [-0.39, 0.29) is 21.4 Å². The van der Waals surface area contributed by atoms with E-state index in [9.17, 15) is 14.0 Å². The van der Waals surface area contributed by atoms with E-state index in [4.69, 9.17) is 34.8 Å². The summed E-state index contributed by atoms with van der Waals surface area (Å²) in [5.41, 5.74) is 0.0778. The van der Waals surface area contributed by atoms with Crippen molar-refractivity contribution in [2.24, 2.45) is 0 Å². The maximum absolute atomic E-state index is 13.9. The third-order valence-corrected chi connectivity index (χ3v) is 4.40. The number of benzene rings is 2. The lowest BCUT2D eigenvalue weighted by Crippen LogP contribution is -2.33. The average molecular weight is 386 g/mol. The van der Waals surface area contributed by atoms with Crippen LogP contribution in [-0.4, -0.2) is 11.8 Å². The molecule has 0 aliphatic carbocycles. The van der Waals surface area contributed by atoms with Crippen LogP contribution in [0.15, 0.2) is 53.2 Å². The first-order valence-electron chi connectivity index (χ1n) is 6.65. The zero-order valence-electron chi connectivity index (χ0n) is 11.8. The molecule has 0 bridgehead atoms. The van der Waals surface area contributed by atoms with Gasteiger partial charge in [-0.2, -0.15) is 0 Å². The van der Waals surface area contributed by atoms with Gasteiger partial charge in [0.1, 0.15) is 16.5 Å². The number of anilines is 2. The van der Waals surface area contributed by atoms with Crippen molar-refractivity contribution in [1.29, 1.82) is 0 Å². The van der Waals surface area contributed by atoms with Gasteiger partial charge >= 0.3 is 0 Å². The Hall–Kier alpha value is -2.08. The SMILES string of the molecule is O=C1C(Cl)=C(Nc2ccc(Cl)c(Cl)c2)C(=O)N1c1ccccc1F. The Balaban J connectivity index is 1.95. The number of carbonyl (C=O) groups excluding carboxylic acids is 2. The van der Waals surface area contributed by atoms with Crippen molar-refractivity contribution in [2.45, 2.75) is 0 Å². The van der Waals surface area contributed by atoms with Gasteiger partial charge in [0.15, 0.2) is 0 Å². The predicted octanol–water partition coefficient (Wildman–Crippen LogP) is 4.57. The van der Waals surface area contributed by atoms with Crippen LogP contribution in [0, 0.1) is 5.82 Å². The van der Waals surface area contributed by atoms with E-state index in [1.807, 2.05) is 0 Å². The Kier molecular flexibility index (Phi) is 4.49. The minimum absolute atomic E-state index is 0.164. The minimum Gasteiger partial charge on any atom is -0.350 e. The van der Waals surface area contributed by atoms with Gasteiger partial charge in [-0.15, -0.1) is 0 Å². The predicted molar refractivity (Wildman–Crippen MR) is 91.9 cm³/mol. The number of carbonyl (C=O) groups is 2. The maximum atomic E-state index is 13.9. The van der Waals surface area contributed by atoms with Crippen LogP contribution < -0.4 is 10.2 Å². The number of hydrogen-bond acceptors (Lipinski definition) is 3. The summed E-state index contributed by atoms with van der Waals surface area (Å²) in [5, 5.41) is 2.99. The van der Waals surface area contributed by atoms with Crippen molar-refractivity contribution in [1.82, 2.24) is 0 Å². The van der Waals surface area contributed by atoms with E-state index in [1.165, 1.54) is 30.3 Å². The van der Waals surface area contributed by atoms with E-state index in [2.05, 4.69) is 5.32 Å². The van der Waals surface area contributed by atoms with E-state index >= 15 is 0 Å². The standard InChI is InChI=1S/C16H8Cl3FN2O2/c17-9-6-5-8(7-10(9)18)21-14-13(19)15(23)22(16(14)24)12-4-2-1-3-11(12)20/h1-7,21H. The third-order valence-electron chi connectivity index (χ3n) is 3.31. The number of amides is 2. The summed E-state index contributed by atoms with van der Waals surface area (Å²) in [6.45, 7) is 0. The number of para-hydroxylation sites is 1. The Morgan fingerprint density at radius 3 is 2.29 bits per heavy atom. The van der Waals surface area contributed by atoms with Gasteiger partial charge in [0, 0.05) is 5.69 Å². The van der Waals surface area contributed by atoms with Crippen molar-refractivity contribution in [3.8, 4) is 0 Å². The summed E-state index contributed by atoms with van der Waals surface area (Å²) in [6, 6.07) is 9.99. The lowest BCUT2D eigenvalue weighted by Gasteiger charge is -2.15. The average Bonchev–Trinajstić information content (AvgIpc) is 2.76. The third kappa shape index (κ3) is 2.86. The normalized spacial score (nSPS) is 14.6. The van der Waals surface area contributed by atoms with Crippen LogP contribution >= 0.6 is 34.8 Å². The molecule has 4 nitrogen and oxygen atoms in total. The van der Waals surface area contributed by atoms with Crippen molar-refractivity contribution >= 4 is 58.0 Å². The highest BCUT2D eigenvalue weighted by atomic mass is 35.5. The minimum atomic E-state index is -0.811. The first-order chi connectivity index (χ1) is 11.4. The molecule has 8 heteroatoms. The molecule has 0 spiro atoms. The van der Waals surface area contributed by atoms with Crippen molar-refractivity contribution in [3.63, 3.8) is 0 Å². The molecule has 0 fully saturated rings. The molecule has 122 valence electrons. The van der Waals surface area contributed by atoms with Crippen LogP contribution in [-0.2, 0) is 9.59 Å². The van der Waals surface area contributed by atoms with Gasteiger partial charge in [-0.1, -0.05) is 46.9 Å². The van der Waals surface area contributed by atoms with Crippen molar-refractivity contribution in [3.05, 3.63) is 69.1 Å². The number of nitrogens with zero attached hydrogens (tertiary/aromatic N) is 1. The summed E-state index contributed by atoms with van der Waals surface area (Å²) < 4.78 is 13.9. The van der Waals surface area contributed by atoms with Crippen LogP contribution in [0.2, 0.25) is 10.0 Å². The molecule has 0 saturated heterocycles. The van der Waals surface area contributed by atoms with E-state index in [1.54, 1.807) is 6.07 Å². The lowest BCUT2D eigenvalue weighted by atomic mass is 10.2. The topological polar surface area (TPSA) is 49.4 Å². The molecule has 24 heavy (non-hydrogen) atoms. The van der Waals surface area contributed by atoms with Gasteiger partial charge in [-0.25, -0.2) is 9.29 Å². The highest BCUT2D eigenvalue weighted by Gasteiger charge is 2.40. The van der Waals surface area contributed by atoms with Gasteiger partial charge in [0.25, 0.3) is 11.8 Å². The van der Waals surface area contributed by atoms with Gasteiger partial charge in [-0.05, 0) is 30.3 Å². The quantitative estimate of drug-likeness (QED) is 0.788. The zero-order valence-corrected chi connectivity index (χ0v) is 14.1. The summed E-state index contributed by atoms with van der Waals surface area (Å²) in [4.78, 5) is 25.4. The van der Waals surface area contributed by atoms with E-state index in [0.717, 1.165) is 6.07 Å². The van der Waals surface area contributed by atoms with Crippen molar-refractivity contribution in [2.75, 3.05) is 10.2 Å². The fourth-order valence-corrected chi connectivity index (χ4v) is 2.69. The molecule has 2 aromatic rings. The fraction of sp³-hybridized carbons (Fsp3) is 0. The maximum Gasteiger partial charge on any atom is 0.283 e. The summed E-state index contributed by atoms with van der Waals surface area (Å²) in [5.74, 6) is -2.28. The summed E-state index contributed by atoms with van der Waals surface area (Å²) in [6.07, 6.45) is 0. The molecule has 0 saturated carbocycles. The molecule has 3 rings (SSSR count). The fourth-order valence-electron chi connectivity index (χ4n) is 2.18. The molecule has 0 radical (unpaired) electrons. The van der Waals surface area contributed by atoms with Crippen LogP contribution in [0.25, 0.3) is 0 Å². The van der Waals surface area contributed by atoms with Gasteiger partial charge in [-0.3, -0.25) is 9.59 Å². The first kappa shape index (κ1) is 16.8.